The van der Waals surface area contributed by atoms with E-state index in [2.05, 4.69) is 37.2 Å². The molecule has 5 nitrogen and oxygen atoms in total. The van der Waals surface area contributed by atoms with Crippen LogP contribution in [0.5, 0.6) is 0 Å². The van der Waals surface area contributed by atoms with Gasteiger partial charge in [-0.1, -0.05) is 39.4 Å². The lowest BCUT2D eigenvalue weighted by Crippen LogP contribution is -2.16. The number of halogens is 1. The zero-order chi connectivity index (χ0) is 18.5. The number of aromatic nitrogens is 1. The summed E-state index contributed by atoms with van der Waals surface area (Å²) in [5.74, 6) is 0.564. The smallest absolute Gasteiger partial charge is 0.212 e. The first kappa shape index (κ1) is 18.1. The zero-order valence-corrected chi connectivity index (χ0v) is 16.3. The SMILES string of the molecule is Cc1sc(N(Cc2ccc(Br)cc2)c2ccc(C#N)cc2)nc1NC=O. The Hall–Kier alpha value is -2.69. The number of rotatable bonds is 6. The predicted octanol–water partition coefficient (Wildman–Crippen LogP) is 4.99. The molecule has 0 radical (unpaired) electrons. The zero-order valence-electron chi connectivity index (χ0n) is 13.9. The molecule has 0 fully saturated rings. The average Bonchev–Trinajstić information content (AvgIpc) is 3.02. The first-order chi connectivity index (χ1) is 12.6. The van der Waals surface area contributed by atoms with E-state index in [0.717, 1.165) is 25.7 Å². The molecule has 26 heavy (non-hydrogen) atoms. The van der Waals surface area contributed by atoms with E-state index in [4.69, 9.17) is 5.26 Å². The van der Waals surface area contributed by atoms with Crippen LogP contribution in [-0.2, 0) is 11.3 Å². The van der Waals surface area contributed by atoms with Gasteiger partial charge in [-0.25, -0.2) is 4.98 Å². The van der Waals surface area contributed by atoms with Crippen molar-refractivity contribution in [3.63, 3.8) is 0 Å². The van der Waals surface area contributed by atoms with Crippen LogP contribution in [-0.4, -0.2) is 11.4 Å². The van der Waals surface area contributed by atoms with Gasteiger partial charge in [0.15, 0.2) is 5.13 Å². The normalized spacial score (nSPS) is 10.2. The van der Waals surface area contributed by atoms with Gasteiger partial charge in [0, 0.05) is 15.0 Å². The van der Waals surface area contributed by atoms with Gasteiger partial charge in [-0.3, -0.25) is 4.79 Å². The molecule has 3 aromatic rings. The maximum Gasteiger partial charge on any atom is 0.212 e. The second-order valence-corrected chi connectivity index (χ2v) is 7.63. The van der Waals surface area contributed by atoms with Crippen molar-refractivity contribution in [2.45, 2.75) is 13.5 Å². The number of carbonyl (C=O) groups is 1. The lowest BCUT2D eigenvalue weighted by atomic mass is 10.2. The van der Waals surface area contributed by atoms with Crippen LogP contribution in [0.3, 0.4) is 0 Å². The molecule has 0 aliphatic carbocycles. The summed E-state index contributed by atoms with van der Waals surface area (Å²) in [5.41, 5.74) is 2.66. The Morgan fingerprint density at radius 1 is 1.23 bits per heavy atom. The summed E-state index contributed by atoms with van der Waals surface area (Å²) in [4.78, 5) is 18.3. The summed E-state index contributed by atoms with van der Waals surface area (Å²) in [5, 5.41) is 12.4. The Kier molecular flexibility index (Phi) is 5.66. The van der Waals surface area contributed by atoms with Crippen molar-refractivity contribution in [3.8, 4) is 6.07 Å². The van der Waals surface area contributed by atoms with Crippen LogP contribution in [0.1, 0.15) is 16.0 Å². The van der Waals surface area contributed by atoms with Gasteiger partial charge in [0.25, 0.3) is 0 Å². The van der Waals surface area contributed by atoms with Gasteiger partial charge in [0.1, 0.15) is 5.82 Å². The molecular weight excluding hydrogens is 412 g/mol. The van der Waals surface area contributed by atoms with E-state index in [1.165, 1.54) is 11.3 Å². The van der Waals surface area contributed by atoms with Gasteiger partial charge in [0.05, 0.1) is 18.2 Å². The molecule has 130 valence electrons. The molecular formula is C19H15BrN4OS. The fourth-order valence-electron chi connectivity index (χ4n) is 2.45. The largest absolute Gasteiger partial charge is 0.313 e. The van der Waals surface area contributed by atoms with Crippen LogP contribution >= 0.6 is 27.3 Å². The molecule has 0 aliphatic heterocycles. The second-order valence-electron chi connectivity index (χ2n) is 5.53. The first-order valence-electron chi connectivity index (χ1n) is 7.80. The van der Waals surface area contributed by atoms with Crippen molar-refractivity contribution in [3.05, 3.63) is 69.0 Å². The summed E-state index contributed by atoms with van der Waals surface area (Å²) in [6.07, 6.45) is 0.632. The maximum absolute atomic E-state index is 10.8. The maximum atomic E-state index is 10.8. The van der Waals surface area contributed by atoms with Gasteiger partial charge >= 0.3 is 0 Å². The van der Waals surface area contributed by atoms with Gasteiger partial charge in [-0.15, -0.1) is 0 Å². The predicted molar refractivity (Wildman–Crippen MR) is 108 cm³/mol. The van der Waals surface area contributed by atoms with E-state index in [1.54, 1.807) is 12.1 Å². The number of hydrogen-bond donors (Lipinski definition) is 1. The summed E-state index contributed by atoms with van der Waals surface area (Å²) < 4.78 is 1.02. The molecule has 2 aromatic carbocycles. The summed E-state index contributed by atoms with van der Waals surface area (Å²) in [7, 11) is 0. The van der Waals surface area contributed by atoms with Crippen molar-refractivity contribution in [1.82, 2.24) is 4.98 Å². The lowest BCUT2D eigenvalue weighted by Gasteiger charge is -2.22. The summed E-state index contributed by atoms with van der Waals surface area (Å²) in [6.45, 7) is 2.54. The molecule has 0 spiro atoms. The number of carbonyl (C=O) groups excluding carboxylic acids is 1. The van der Waals surface area contributed by atoms with Crippen LogP contribution in [0.2, 0.25) is 0 Å². The molecule has 1 amide bonds. The van der Waals surface area contributed by atoms with Crippen LogP contribution in [0, 0.1) is 18.3 Å². The molecule has 0 atom stereocenters. The quantitative estimate of drug-likeness (QED) is 0.563. The molecule has 0 saturated heterocycles. The van der Waals surface area contributed by atoms with E-state index in [1.807, 2.05) is 43.3 Å². The number of amides is 1. The van der Waals surface area contributed by atoms with Crippen molar-refractivity contribution < 1.29 is 4.79 Å². The Balaban J connectivity index is 1.99. The van der Waals surface area contributed by atoms with Gasteiger partial charge in [-0.05, 0) is 48.9 Å². The van der Waals surface area contributed by atoms with Crippen molar-refractivity contribution >= 4 is 50.3 Å². The third kappa shape index (κ3) is 4.10. The minimum Gasteiger partial charge on any atom is -0.313 e. The van der Waals surface area contributed by atoms with Gasteiger partial charge < -0.3 is 10.2 Å². The highest BCUT2D eigenvalue weighted by molar-refractivity contribution is 9.10. The molecule has 1 aromatic heterocycles. The van der Waals surface area contributed by atoms with Crippen LogP contribution in [0.4, 0.5) is 16.6 Å². The van der Waals surface area contributed by atoms with Crippen LogP contribution in [0.15, 0.2) is 53.0 Å². The first-order valence-corrected chi connectivity index (χ1v) is 9.41. The Bertz CT molecular complexity index is 945. The molecule has 0 aliphatic rings. The fraction of sp³-hybridized carbons (Fsp3) is 0.105. The third-order valence-corrected chi connectivity index (χ3v) is 5.30. The van der Waals surface area contributed by atoms with Gasteiger partial charge in [-0.2, -0.15) is 5.26 Å². The van der Waals surface area contributed by atoms with Crippen LogP contribution in [0.25, 0.3) is 0 Å². The Labute approximate surface area is 164 Å². The molecule has 1 N–H and O–H groups in total. The lowest BCUT2D eigenvalue weighted by molar-refractivity contribution is -0.105. The number of nitrogens with zero attached hydrogens (tertiary/aromatic N) is 3. The Morgan fingerprint density at radius 2 is 1.92 bits per heavy atom. The molecule has 0 unspecified atom stereocenters. The fourth-order valence-corrected chi connectivity index (χ4v) is 3.60. The third-order valence-electron chi connectivity index (χ3n) is 3.77. The monoisotopic (exact) mass is 426 g/mol. The van der Waals surface area contributed by atoms with Crippen LogP contribution < -0.4 is 10.2 Å². The number of nitriles is 1. The van der Waals surface area contributed by atoms with Crippen molar-refractivity contribution in [2.75, 3.05) is 10.2 Å². The minimum atomic E-state index is 0.564. The molecule has 1 heterocycles. The summed E-state index contributed by atoms with van der Waals surface area (Å²) >= 11 is 4.96. The number of nitrogens with one attached hydrogen (secondary N) is 1. The van der Waals surface area contributed by atoms with E-state index in [-0.39, 0.29) is 0 Å². The minimum absolute atomic E-state index is 0.564. The highest BCUT2D eigenvalue weighted by Crippen LogP contribution is 2.35. The summed E-state index contributed by atoms with van der Waals surface area (Å²) in [6, 6.07) is 17.6. The number of thiazole rings is 1. The molecule has 7 heteroatoms. The van der Waals surface area contributed by atoms with E-state index >= 15 is 0 Å². The highest BCUT2D eigenvalue weighted by Gasteiger charge is 2.17. The average molecular weight is 427 g/mol. The molecule has 3 rings (SSSR count). The van der Waals surface area contributed by atoms with Gasteiger partial charge in [0.2, 0.25) is 6.41 Å². The van der Waals surface area contributed by atoms with E-state index < -0.39 is 0 Å². The standard InChI is InChI=1S/C19H15BrN4OS/c1-13-18(22-12-25)23-19(26-13)24(11-15-2-6-16(20)7-3-15)17-8-4-14(10-21)5-9-17/h2-9,12H,11H2,1H3,(H,22,25). The van der Waals surface area contributed by atoms with Crippen molar-refractivity contribution in [2.24, 2.45) is 0 Å². The van der Waals surface area contributed by atoms with E-state index in [0.29, 0.717) is 24.3 Å². The highest BCUT2D eigenvalue weighted by atomic mass is 79.9. The number of anilines is 3. The Morgan fingerprint density at radius 3 is 2.54 bits per heavy atom. The van der Waals surface area contributed by atoms with Crippen molar-refractivity contribution in [1.29, 1.82) is 5.26 Å². The number of aryl methyl sites for hydroxylation is 1. The van der Waals surface area contributed by atoms with E-state index in [9.17, 15) is 4.79 Å². The topological polar surface area (TPSA) is 69.0 Å². The number of hydrogen-bond acceptors (Lipinski definition) is 5. The second kappa shape index (κ2) is 8.13. The molecule has 0 bridgehead atoms. The molecule has 0 saturated carbocycles. The number of benzene rings is 2.